The van der Waals surface area contributed by atoms with Gasteiger partial charge < -0.3 is 0 Å². The van der Waals surface area contributed by atoms with Crippen LogP contribution < -0.4 is 0 Å². The highest BCUT2D eigenvalue weighted by molar-refractivity contribution is 9.10. The zero-order valence-electron chi connectivity index (χ0n) is 5.05. The van der Waals surface area contributed by atoms with Gasteiger partial charge in [-0.2, -0.15) is 0 Å². The highest BCUT2D eigenvalue weighted by atomic mass is 79.9. The lowest BCUT2D eigenvalue weighted by atomic mass is 10.3. The lowest BCUT2D eigenvalue weighted by Crippen LogP contribution is -1.78. The maximum atomic E-state index is 3.98. The number of aromatic nitrogens is 1. The Morgan fingerprint density at radius 3 is 2.50 bits per heavy atom. The smallest absolute Gasteiger partial charge is 0.0410 e. The summed E-state index contributed by atoms with van der Waals surface area (Å²) in [6, 6.07) is 2.03. The van der Waals surface area contributed by atoms with E-state index in [0.717, 1.165) is 9.80 Å². The Bertz CT molecular complexity index is 202. The van der Waals surface area contributed by atoms with Crippen LogP contribution in [0.15, 0.2) is 22.9 Å². The van der Waals surface area contributed by atoms with Crippen LogP contribution in [0.25, 0.3) is 0 Å². The molecule has 10 heavy (non-hydrogen) atoms. The Morgan fingerprint density at radius 2 is 2.10 bits per heavy atom. The summed E-state index contributed by atoms with van der Waals surface area (Å²) in [5.74, 6) is 0. The number of halogens is 3. The minimum Gasteiger partial charge on any atom is -0.263 e. The van der Waals surface area contributed by atoms with Gasteiger partial charge in [0.25, 0.3) is 0 Å². The lowest BCUT2D eigenvalue weighted by Gasteiger charge is -1.92. The summed E-state index contributed by atoms with van der Waals surface area (Å²) in [6.45, 7) is 0. The molecule has 0 aliphatic heterocycles. The number of pyridine rings is 1. The predicted octanol–water partition coefficient (Wildman–Crippen LogP) is 3.32. The third-order valence-electron chi connectivity index (χ3n) is 0.916. The van der Waals surface area contributed by atoms with Crippen molar-refractivity contribution in [3.05, 3.63) is 28.5 Å². The van der Waals surface area contributed by atoms with Gasteiger partial charge in [0, 0.05) is 22.2 Å². The fraction of sp³-hybridized carbons (Fsp3) is 0.167. The number of hydrogen-bond donors (Lipinski definition) is 0. The second-order valence-electron chi connectivity index (χ2n) is 1.65. The van der Waals surface area contributed by atoms with E-state index in [9.17, 15) is 0 Å². The molecule has 0 N–H and O–H groups in total. The maximum Gasteiger partial charge on any atom is 0.0410 e. The third kappa shape index (κ3) is 3.12. The average Bonchev–Trinajstić information content (AvgIpc) is 1.88. The largest absolute Gasteiger partial charge is 0.263 e. The van der Waals surface area contributed by atoms with Crippen LogP contribution in [0, 0.1) is 0 Å². The highest BCUT2D eigenvalue weighted by Gasteiger charge is 1.89. The Balaban J connectivity index is 0.000000810. The highest BCUT2D eigenvalue weighted by Crippen LogP contribution is 2.11. The molecule has 0 amide bonds. The van der Waals surface area contributed by atoms with Gasteiger partial charge in [-0.1, -0.05) is 15.9 Å². The van der Waals surface area contributed by atoms with Crippen LogP contribution in [0.4, 0.5) is 0 Å². The number of alkyl halides is 1. The van der Waals surface area contributed by atoms with Crippen molar-refractivity contribution in [2.45, 2.75) is 5.33 Å². The average molecular weight is 332 g/mol. The van der Waals surface area contributed by atoms with E-state index in [-0.39, 0.29) is 17.0 Å². The first-order chi connectivity index (χ1) is 4.33. The van der Waals surface area contributed by atoms with Crippen molar-refractivity contribution in [1.82, 2.24) is 4.98 Å². The van der Waals surface area contributed by atoms with Gasteiger partial charge in [0.1, 0.15) is 0 Å². The predicted molar refractivity (Wildman–Crippen MR) is 54.9 cm³/mol. The van der Waals surface area contributed by atoms with Crippen LogP contribution in [-0.2, 0) is 5.33 Å². The van der Waals surface area contributed by atoms with E-state index < -0.39 is 0 Å². The third-order valence-corrected chi connectivity index (χ3v) is 2.00. The van der Waals surface area contributed by atoms with Crippen molar-refractivity contribution in [3.63, 3.8) is 0 Å². The molecule has 1 nitrogen and oxygen atoms in total. The van der Waals surface area contributed by atoms with Crippen molar-refractivity contribution in [1.29, 1.82) is 0 Å². The van der Waals surface area contributed by atoms with Crippen LogP contribution in [-0.4, -0.2) is 4.98 Å². The van der Waals surface area contributed by atoms with Crippen molar-refractivity contribution >= 4 is 48.8 Å². The van der Waals surface area contributed by atoms with E-state index in [1.165, 1.54) is 5.56 Å². The molecular weight excluding hydrogens is 326 g/mol. The molecule has 0 atom stereocenters. The van der Waals surface area contributed by atoms with Crippen LogP contribution in [0.5, 0.6) is 0 Å². The Labute approximate surface area is 87.3 Å². The molecule has 1 aromatic heterocycles. The van der Waals surface area contributed by atoms with E-state index in [1.807, 2.05) is 12.3 Å². The molecule has 0 bridgehead atoms. The van der Waals surface area contributed by atoms with E-state index in [2.05, 4.69) is 36.8 Å². The molecule has 0 aromatic carbocycles. The molecule has 56 valence electrons. The Morgan fingerprint density at radius 1 is 1.40 bits per heavy atom. The fourth-order valence-electron chi connectivity index (χ4n) is 0.529. The minimum atomic E-state index is 0. The molecule has 0 radical (unpaired) electrons. The lowest BCUT2D eigenvalue weighted by molar-refractivity contribution is 1.24. The van der Waals surface area contributed by atoms with E-state index in [0.29, 0.717) is 0 Å². The van der Waals surface area contributed by atoms with Gasteiger partial charge in [-0.05, 0) is 27.6 Å². The number of hydrogen-bond acceptors (Lipinski definition) is 1. The van der Waals surface area contributed by atoms with E-state index in [4.69, 9.17) is 0 Å². The second-order valence-corrected chi connectivity index (χ2v) is 3.12. The maximum absolute atomic E-state index is 3.98. The summed E-state index contributed by atoms with van der Waals surface area (Å²) in [4.78, 5) is 3.98. The molecule has 1 rings (SSSR count). The van der Waals surface area contributed by atoms with Crippen molar-refractivity contribution < 1.29 is 0 Å². The quantitative estimate of drug-likeness (QED) is 0.719. The van der Waals surface area contributed by atoms with Gasteiger partial charge in [0.2, 0.25) is 0 Å². The Kier molecular flexibility index (Phi) is 5.58. The summed E-state index contributed by atoms with van der Waals surface area (Å²) in [5.41, 5.74) is 1.18. The summed E-state index contributed by atoms with van der Waals surface area (Å²) in [5, 5.41) is 0.861. The molecule has 0 saturated carbocycles. The van der Waals surface area contributed by atoms with Gasteiger partial charge in [-0.3, -0.25) is 4.98 Å². The SMILES string of the molecule is Br.BrCc1cncc(Br)c1. The molecule has 0 aliphatic rings. The molecule has 0 spiro atoms. The zero-order chi connectivity index (χ0) is 6.69. The van der Waals surface area contributed by atoms with Crippen LogP contribution in [0.2, 0.25) is 0 Å². The molecule has 0 fully saturated rings. The van der Waals surface area contributed by atoms with Crippen LogP contribution >= 0.6 is 48.8 Å². The first-order valence-electron chi connectivity index (χ1n) is 2.48. The topological polar surface area (TPSA) is 12.9 Å². The van der Waals surface area contributed by atoms with Gasteiger partial charge in [-0.15, -0.1) is 17.0 Å². The fourth-order valence-corrected chi connectivity index (χ4v) is 1.25. The van der Waals surface area contributed by atoms with Crippen molar-refractivity contribution in [2.24, 2.45) is 0 Å². The number of nitrogens with zero attached hydrogens (tertiary/aromatic N) is 1. The summed E-state index contributed by atoms with van der Waals surface area (Å²) < 4.78 is 1.03. The molecule has 4 heteroatoms. The van der Waals surface area contributed by atoms with E-state index >= 15 is 0 Å². The molecule has 1 heterocycles. The molecule has 0 unspecified atom stereocenters. The standard InChI is InChI=1S/C6H5Br2N.BrH/c7-2-5-1-6(8)4-9-3-5;/h1,3-4H,2H2;1H. The molecule has 1 aromatic rings. The summed E-state index contributed by atoms with van der Waals surface area (Å²) in [6.07, 6.45) is 3.60. The van der Waals surface area contributed by atoms with Crippen molar-refractivity contribution in [3.8, 4) is 0 Å². The Hall–Kier alpha value is 0.590. The zero-order valence-corrected chi connectivity index (χ0v) is 9.94. The van der Waals surface area contributed by atoms with E-state index in [1.54, 1.807) is 6.20 Å². The molecule has 0 aliphatic carbocycles. The van der Waals surface area contributed by atoms with Gasteiger partial charge in [0.15, 0.2) is 0 Å². The van der Waals surface area contributed by atoms with Crippen LogP contribution in [0.1, 0.15) is 5.56 Å². The monoisotopic (exact) mass is 329 g/mol. The second kappa shape index (κ2) is 5.27. The minimum absolute atomic E-state index is 0. The van der Waals surface area contributed by atoms with Gasteiger partial charge >= 0.3 is 0 Å². The van der Waals surface area contributed by atoms with Gasteiger partial charge in [-0.25, -0.2) is 0 Å². The molecule has 0 saturated heterocycles. The first kappa shape index (κ1) is 10.6. The molecular formula is C6H6Br3N. The first-order valence-corrected chi connectivity index (χ1v) is 4.40. The van der Waals surface area contributed by atoms with Crippen LogP contribution in [0.3, 0.4) is 0 Å². The summed E-state index contributed by atoms with van der Waals surface area (Å²) >= 11 is 6.65. The van der Waals surface area contributed by atoms with Gasteiger partial charge in [0.05, 0.1) is 0 Å². The number of rotatable bonds is 1. The normalized spacial score (nSPS) is 8.60. The van der Waals surface area contributed by atoms with Crippen molar-refractivity contribution in [2.75, 3.05) is 0 Å². The summed E-state index contributed by atoms with van der Waals surface area (Å²) in [7, 11) is 0.